The van der Waals surface area contributed by atoms with Gasteiger partial charge in [-0.2, -0.15) is 0 Å². The number of aryl methyl sites for hydroxylation is 1. The second-order valence-electron chi connectivity index (χ2n) is 5.87. The molecule has 4 nitrogen and oxygen atoms in total. The van der Waals surface area contributed by atoms with Crippen LogP contribution in [0, 0.1) is 0 Å². The van der Waals surface area contributed by atoms with Gasteiger partial charge < -0.3 is 14.6 Å². The first-order valence-corrected chi connectivity index (χ1v) is 8.10. The van der Waals surface area contributed by atoms with Crippen molar-refractivity contribution in [2.45, 2.75) is 6.42 Å². The van der Waals surface area contributed by atoms with Crippen molar-refractivity contribution in [1.82, 2.24) is 9.88 Å². The number of rotatable bonds is 7. The number of carbonyl (C=O) groups is 1. The van der Waals surface area contributed by atoms with Crippen molar-refractivity contribution in [1.29, 1.82) is 0 Å². The fraction of sp³-hybridized carbons (Fsp3) is 0.250. The lowest BCUT2D eigenvalue weighted by Gasteiger charge is -2.05. The molecule has 0 aliphatic rings. The van der Waals surface area contributed by atoms with Gasteiger partial charge in [0, 0.05) is 29.7 Å². The molecule has 4 heteroatoms. The first kappa shape index (κ1) is 16.3. The highest BCUT2D eigenvalue weighted by Crippen LogP contribution is 2.20. The summed E-state index contributed by atoms with van der Waals surface area (Å²) in [6, 6.07) is 16.0. The summed E-state index contributed by atoms with van der Waals surface area (Å²) >= 11 is 0. The highest BCUT2D eigenvalue weighted by molar-refractivity contribution is 6.09. The van der Waals surface area contributed by atoms with Crippen LogP contribution in [0.25, 0.3) is 10.9 Å². The van der Waals surface area contributed by atoms with Crippen LogP contribution in [0.4, 0.5) is 0 Å². The molecule has 0 saturated carbocycles. The lowest BCUT2D eigenvalue weighted by Crippen LogP contribution is -2.25. The summed E-state index contributed by atoms with van der Waals surface area (Å²) in [5, 5.41) is 4.26. The molecule has 24 heavy (non-hydrogen) atoms. The molecule has 0 radical (unpaired) electrons. The summed E-state index contributed by atoms with van der Waals surface area (Å²) in [6.07, 6.45) is 2.80. The van der Waals surface area contributed by atoms with Crippen molar-refractivity contribution < 1.29 is 9.53 Å². The van der Waals surface area contributed by atoms with Gasteiger partial charge in [0.2, 0.25) is 0 Å². The van der Waals surface area contributed by atoms with Gasteiger partial charge in [0.1, 0.15) is 5.75 Å². The zero-order chi connectivity index (χ0) is 16.9. The molecule has 3 aromatic rings. The number of ketones is 1. The monoisotopic (exact) mass is 322 g/mol. The van der Waals surface area contributed by atoms with E-state index in [0.29, 0.717) is 6.54 Å². The van der Waals surface area contributed by atoms with Crippen LogP contribution >= 0.6 is 0 Å². The largest absolute Gasteiger partial charge is 0.497 e. The Bertz CT molecular complexity index is 834. The summed E-state index contributed by atoms with van der Waals surface area (Å²) in [4.78, 5) is 12.5. The minimum atomic E-state index is 0.126. The molecule has 0 atom stereocenters. The second kappa shape index (κ2) is 7.32. The number of methoxy groups -OCH3 is 1. The molecule has 0 aliphatic carbocycles. The predicted octanol–water partition coefficient (Wildman–Crippen LogP) is 3.20. The number of hydrogen-bond acceptors (Lipinski definition) is 3. The van der Waals surface area contributed by atoms with E-state index < -0.39 is 0 Å². The normalized spacial score (nSPS) is 10.9. The zero-order valence-electron chi connectivity index (χ0n) is 14.1. The van der Waals surface area contributed by atoms with E-state index in [-0.39, 0.29) is 5.78 Å². The number of carbonyl (C=O) groups excluding carboxylic acids is 1. The number of Topliss-reactive ketones (excluding diaryl/α,β-unsaturated/α-hetero) is 1. The number of ether oxygens (including phenoxy) is 1. The average molecular weight is 322 g/mol. The fourth-order valence-corrected chi connectivity index (χ4v) is 2.89. The lowest BCUT2D eigenvalue weighted by molar-refractivity contribution is 0.0993. The van der Waals surface area contributed by atoms with Crippen LogP contribution in [0.1, 0.15) is 15.9 Å². The molecule has 0 unspecified atom stereocenters. The third-order valence-corrected chi connectivity index (χ3v) is 4.23. The molecule has 0 amide bonds. The Morgan fingerprint density at radius 1 is 1.12 bits per heavy atom. The molecular formula is C20H22N2O2. The van der Waals surface area contributed by atoms with E-state index in [4.69, 9.17) is 4.74 Å². The molecule has 0 saturated heterocycles. The highest BCUT2D eigenvalue weighted by atomic mass is 16.5. The molecule has 0 aliphatic heterocycles. The van der Waals surface area contributed by atoms with Crippen molar-refractivity contribution in [3.63, 3.8) is 0 Å². The van der Waals surface area contributed by atoms with Crippen LogP contribution < -0.4 is 10.1 Å². The van der Waals surface area contributed by atoms with Crippen molar-refractivity contribution >= 4 is 16.7 Å². The Hall–Kier alpha value is -2.59. The van der Waals surface area contributed by atoms with Gasteiger partial charge >= 0.3 is 0 Å². The Morgan fingerprint density at radius 2 is 1.88 bits per heavy atom. The number of aromatic nitrogens is 1. The molecule has 1 aromatic heterocycles. The third kappa shape index (κ3) is 3.49. The van der Waals surface area contributed by atoms with Crippen LogP contribution in [0.2, 0.25) is 0 Å². The molecule has 1 N–H and O–H groups in total. The SMILES string of the molecule is COc1ccc(CCNCC(=O)c2cn(C)c3ccccc23)cc1. The van der Waals surface area contributed by atoms with E-state index >= 15 is 0 Å². The van der Waals surface area contributed by atoms with Crippen LogP contribution in [0.5, 0.6) is 5.75 Å². The number of para-hydroxylation sites is 1. The Balaban J connectivity index is 1.55. The second-order valence-corrected chi connectivity index (χ2v) is 5.87. The summed E-state index contributed by atoms with van der Waals surface area (Å²) in [5.74, 6) is 0.986. The van der Waals surface area contributed by atoms with E-state index in [1.54, 1.807) is 7.11 Å². The van der Waals surface area contributed by atoms with Crippen LogP contribution in [0.15, 0.2) is 54.7 Å². The van der Waals surface area contributed by atoms with Gasteiger partial charge in [0.15, 0.2) is 5.78 Å². The van der Waals surface area contributed by atoms with Crippen LogP contribution in [-0.4, -0.2) is 30.5 Å². The van der Waals surface area contributed by atoms with Gasteiger partial charge in [-0.1, -0.05) is 30.3 Å². The quantitative estimate of drug-likeness (QED) is 0.536. The van der Waals surface area contributed by atoms with Gasteiger partial charge in [-0.05, 0) is 36.7 Å². The van der Waals surface area contributed by atoms with Crippen molar-refractivity contribution in [3.05, 3.63) is 65.9 Å². The van der Waals surface area contributed by atoms with E-state index in [9.17, 15) is 4.79 Å². The van der Waals surface area contributed by atoms with E-state index in [1.807, 2.05) is 66.3 Å². The first-order valence-electron chi connectivity index (χ1n) is 8.10. The maximum Gasteiger partial charge on any atom is 0.178 e. The number of hydrogen-bond donors (Lipinski definition) is 1. The van der Waals surface area contributed by atoms with E-state index in [2.05, 4.69) is 5.32 Å². The molecule has 0 fully saturated rings. The maximum atomic E-state index is 12.5. The summed E-state index contributed by atoms with van der Waals surface area (Å²) in [6.45, 7) is 1.12. The van der Waals surface area contributed by atoms with E-state index in [0.717, 1.165) is 35.2 Å². The van der Waals surface area contributed by atoms with Gasteiger partial charge in [0.25, 0.3) is 0 Å². The summed E-state index contributed by atoms with van der Waals surface area (Å²) < 4.78 is 7.15. The zero-order valence-corrected chi connectivity index (χ0v) is 14.1. The number of nitrogens with zero attached hydrogens (tertiary/aromatic N) is 1. The highest BCUT2D eigenvalue weighted by Gasteiger charge is 2.12. The fourth-order valence-electron chi connectivity index (χ4n) is 2.89. The van der Waals surface area contributed by atoms with Crippen LogP contribution in [-0.2, 0) is 13.5 Å². The molecular weight excluding hydrogens is 300 g/mol. The molecule has 0 bridgehead atoms. The molecule has 3 rings (SSSR count). The maximum absolute atomic E-state index is 12.5. The molecule has 0 spiro atoms. The number of fused-ring (bicyclic) bond motifs is 1. The Labute approximate surface area is 142 Å². The van der Waals surface area contributed by atoms with Crippen molar-refractivity contribution in [3.8, 4) is 5.75 Å². The number of nitrogens with one attached hydrogen (secondary N) is 1. The predicted molar refractivity (Wildman–Crippen MR) is 96.8 cm³/mol. The standard InChI is InChI=1S/C20H22N2O2/c1-22-14-18(17-5-3-4-6-19(17)22)20(23)13-21-12-11-15-7-9-16(24-2)10-8-15/h3-10,14,21H,11-13H2,1-2H3. The van der Waals surface area contributed by atoms with Crippen molar-refractivity contribution in [2.75, 3.05) is 20.2 Å². The van der Waals surface area contributed by atoms with Gasteiger partial charge in [0.05, 0.1) is 13.7 Å². The Morgan fingerprint density at radius 3 is 2.62 bits per heavy atom. The molecule has 1 heterocycles. The molecule has 124 valence electrons. The van der Waals surface area contributed by atoms with E-state index in [1.165, 1.54) is 5.56 Å². The van der Waals surface area contributed by atoms with Gasteiger partial charge in [-0.25, -0.2) is 0 Å². The number of benzene rings is 2. The minimum absolute atomic E-state index is 0.126. The van der Waals surface area contributed by atoms with Gasteiger partial charge in [-0.15, -0.1) is 0 Å². The summed E-state index contributed by atoms with van der Waals surface area (Å²) in [5.41, 5.74) is 3.09. The van der Waals surface area contributed by atoms with Crippen LogP contribution in [0.3, 0.4) is 0 Å². The smallest absolute Gasteiger partial charge is 0.178 e. The third-order valence-electron chi connectivity index (χ3n) is 4.23. The molecule has 2 aromatic carbocycles. The lowest BCUT2D eigenvalue weighted by atomic mass is 10.1. The first-order chi connectivity index (χ1) is 11.7. The minimum Gasteiger partial charge on any atom is -0.497 e. The average Bonchev–Trinajstić information content (AvgIpc) is 2.96. The van der Waals surface area contributed by atoms with Crippen molar-refractivity contribution in [2.24, 2.45) is 7.05 Å². The van der Waals surface area contributed by atoms with Gasteiger partial charge in [-0.3, -0.25) is 4.79 Å². The summed E-state index contributed by atoms with van der Waals surface area (Å²) in [7, 11) is 3.63. The topological polar surface area (TPSA) is 43.3 Å². The Kier molecular flexibility index (Phi) is 4.96.